The average Bonchev–Trinajstić information content (AvgIpc) is 3.08. The van der Waals surface area contributed by atoms with Crippen LogP contribution in [0.25, 0.3) is 0 Å². The van der Waals surface area contributed by atoms with Gasteiger partial charge in [-0.2, -0.15) is 5.26 Å². The molecule has 2 aliphatic heterocycles. The van der Waals surface area contributed by atoms with Gasteiger partial charge in [0.15, 0.2) is 11.5 Å². The Balaban J connectivity index is 1.15. The van der Waals surface area contributed by atoms with E-state index in [2.05, 4.69) is 48.4 Å². The zero-order valence-electron chi connectivity index (χ0n) is 26.0. The molecule has 0 spiro atoms. The average molecular weight is 657 g/mol. The maximum absolute atomic E-state index is 13.3. The van der Waals surface area contributed by atoms with Gasteiger partial charge in [0.1, 0.15) is 17.9 Å². The molecule has 6 rings (SSSR count). The fourth-order valence-electron chi connectivity index (χ4n) is 6.76. The number of nitrogens with two attached hydrogens (primary N) is 1. The summed E-state index contributed by atoms with van der Waals surface area (Å²) in [5.74, 6) is 0.262. The lowest BCUT2D eigenvalue weighted by Gasteiger charge is -2.44. The number of para-hydroxylation sites is 1. The van der Waals surface area contributed by atoms with Crippen molar-refractivity contribution in [3.05, 3.63) is 76.4 Å². The summed E-state index contributed by atoms with van der Waals surface area (Å²) in [6.45, 7) is 3.80. The second-order valence-electron chi connectivity index (χ2n) is 12.2. The number of anilines is 2. The topological polar surface area (TPSA) is 158 Å². The number of imide groups is 1. The molecule has 2 aromatic carbocycles. The SMILES string of the molecule is N#Cc1ccc(OC2CCC(N(c3ccccc3CN3CCN(c4ccc(C(N)=O)nn4)CC3)C3CCC(=O)NC3=O)CC2)cc1Cl. The molecule has 1 unspecified atom stereocenters. The Morgan fingerprint density at radius 2 is 1.79 bits per heavy atom. The molecule has 1 atom stereocenters. The quantitative estimate of drug-likeness (QED) is 0.327. The maximum Gasteiger partial charge on any atom is 0.269 e. The van der Waals surface area contributed by atoms with E-state index in [1.807, 2.05) is 12.1 Å². The number of piperazine rings is 1. The number of nitriles is 1. The minimum Gasteiger partial charge on any atom is -0.490 e. The van der Waals surface area contributed by atoms with Crippen LogP contribution in [0.1, 0.15) is 60.1 Å². The van der Waals surface area contributed by atoms with Crippen molar-refractivity contribution in [1.82, 2.24) is 20.4 Å². The number of amides is 3. The molecule has 3 aliphatic rings. The van der Waals surface area contributed by atoms with E-state index in [4.69, 9.17) is 22.1 Å². The van der Waals surface area contributed by atoms with Crippen LogP contribution < -0.4 is 25.6 Å². The lowest BCUT2D eigenvalue weighted by atomic mass is 9.88. The van der Waals surface area contributed by atoms with Crippen LogP contribution in [0.2, 0.25) is 5.02 Å². The lowest BCUT2D eigenvalue weighted by molar-refractivity contribution is -0.134. The molecule has 2 saturated heterocycles. The van der Waals surface area contributed by atoms with E-state index in [-0.39, 0.29) is 29.7 Å². The molecule has 1 aromatic heterocycles. The molecule has 3 fully saturated rings. The lowest BCUT2D eigenvalue weighted by Crippen LogP contribution is -2.57. The smallest absolute Gasteiger partial charge is 0.269 e. The molecule has 12 nitrogen and oxygen atoms in total. The van der Waals surface area contributed by atoms with Crippen LogP contribution >= 0.6 is 11.6 Å². The highest BCUT2D eigenvalue weighted by Crippen LogP contribution is 2.36. The van der Waals surface area contributed by atoms with Crippen LogP contribution in [0.4, 0.5) is 11.5 Å². The minimum absolute atomic E-state index is 0.0120. The van der Waals surface area contributed by atoms with Crippen LogP contribution in [0.15, 0.2) is 54.6 Å². The fourth-order valence-corrected chi connectivity index (χ4v) is 6.97. The minimum atomic E-state index is -0.603. The Bertz CT molecular complexity index is 1660. The number of hydrogen-bond acceptors (Lipinski definition) is 10. The van der Waals surface area contributed by atoms with Gasteiger partial charge in [0.05, 0.1) is 16.7 Å². The summed E-state index contributed by atoms with van der Waals surface area (Å²) < 4.78 is 6.26. The molecular weight excluding hydrogens is 620 g/mol. The van der Waals surface area contributed by atoms with Crippen molar-refractivity contribution in [3.63, 3.8) is 0 Å². The Labute approximate surface area is 278 Å². The van der Waals surface area contributed by atoms with Crippen molar-refractivity contribution < 1.29 is 19.1 Å². The highest BCUT2D eigenvalue weighted by Gasteiger charge is 2.38. The summed E-state index contributed by atoms with van der Waals surface area (Å²) in [5, 5.41) is 20.3. The van der Waals surface area contributed by atoms with E-state index in [0.717, 1.165) is 63.1 Å². The number of hydrogen-bond donors (Lipinski definition) is 2. The van der Waals surface area contributed by atoms with Gasteiger partial charge in [0, 0.05) is 56.9 Å². The third-order valence-electron chi connectivity index (χ3n) is 9.21. The second kappa shape index (κ2) is 14.4. The zero-order chi connectivity index (χ0) is 32.9. The predicted molar refractivity (Wildman–Crippen MR) is 176 cm³/mol. The highest BCUT2D eigenvalue weighted by atomic mass is 35.5. The van der Waals surface area contributed by atoms with Gasteiger partial charge in [-0.25, -0.2) is 0 Å². The number of ether oxygens (including phenoxy) is 1. The molecule has 47 heavy (non-hydrogen) atoms. The monoisotopic (exact) mass is 656 g/mol. The summed E-state index contributed by atoms with van der Waals surface area (Å²) in [5.41, 5.74) is 8.00. The number of nitrogens with one attached hydrogen (secondary N) is 1. The Morgan fingerprint density at radius 1 is 1.02 bits per heavy atom. The van der Waals surface area contributed by atoms with Gasteiger partial charge in [-0.05, 0) is 68.0 Å². The van der Waals surface area contributed by atoms with Gasteiger partial charge in [0.25, 0.3) is 5.91 Å². The molecule has 3 heterocycles. The molecule has 0 bridgehead atoms. The van der Waals surface area contributed by atoms with Crippen molar-refractivity contribution in [2.75, 3.05) is 36.0 Å². The molecule has 13 heteroatoms. The van der Waals surface area contributed by atoms with Crippen molar-refractivity contribution in [1.29, 1.82) is 5.26 Å². The van der Waals surface area contributed by atoms with E-state index in [1.54, 1.807) is 30.3 Å². The summed E-state index contributed by atoms with van der Waals surface area (Å²) in [6.07, 6.45) is 3.97. The Hall–Kier alpha value is -4.73. The van der Waals surface area contributed by atoms with Gasteiger partial charge in [-0.1, -0.05) is 29.8 Å². The number of rotatable bonds is 9. The van der Waals surface area contributed by atoms with Crippen LogP contribution in [0, 0.1) is 11.3 Å². The molecule has 1 aliphatic carbocycles. The molecule has 3 aromatic rings. The number of carbonyl (C=O) groups is 3. The Morgan fingerprint density at radius 3 is 2.45 bits per heavy atom. The van der Waals surface area contributed by atoms with Crippen LogP contribution in [-0.4, -0.2) is 77.2 Å². The van der Waals surface area contributed by atoms with Crippen molar-refractivity contribution >= 4 is 40.8 Å². The first-order valence-electron chi connectivity index (χ1n) is 16.0. The summed E-state index contributed by atoms with van der Waals surface area (Å²) in [6, 6.07) is 18.5. The van der Waals surface area contributed by atoms with Crippen molar-refractivity contribution in [3.8, 4) is 11.8 Å². The third-order valence-corrected chi connectivity index (χ3v) is 9.52. The van der Waals surface area contributed by atoms with Crippen molar-refractivity contribution in [2.24, 2.45) is 5.73 Å². The molecule has 0 radical (unpaired) electrons. The first-order chi connectivity index (χ1) is 22.8. The van der Waals surface area contributed by atoms with Gasteiger partial charge in [-0.15, -0.1) is 10.2 Å². The van der Waals surface area contributed by atoms with E-state index < -0.39 is 11.9 Å². The maximum atomic E-state index is 13.3. The normalized spacial score (nSPS) is 21.9. The summed E-state index contributed by atoms with van der Waals surface area (Å²) in [4.78, 5) is 43.6. The number of halogens is 1. The molecule has 1 saturated carbocycles. The molecular formula is C34H37ClN8O4. The predicted octanol–water partition coefficient (Wildman–Crippen LogP) is 3.42. The van der Waals surface area contributed by atoms with Crippen molar-refractivity contribution in [2.45, 2.75) is 63.3 Å². The summed E-state index contributed by atoms with van der Waals surface area (Å²) >= 11 is 6.23. The zero-order valence-corrected chi connectivity index (χ0v) is 26.7. The number of piperidine rings is 1. The molecule has 3 N–H and O–H groups in total. The standard InChI is InChI=1S/C34H37ClN8O4/c35-27-19-26(8-5-22(27)20-36)47-25-9-6-24(7-10-25)43(30-12-14-32(44)38-34(30)46)29-4-2-1-3-23(29)21-41-15-17-42(18-16-41)31-13-11-28(33(37)45)39-40-31/h1-5,8,11,13,19,24-25,30H,6-7,9-10,12,14-18,21H2,(H2,37,45)(H,38,44,46). The number of carbonyl (C=O) groups excluding carboxylic acids is 3. The Kier molecular flexibility index (Phi) is 9.84. The van der Waals surface area contributed by atoms with E-state index in [1.165, 1.54) is 0 Å². The highest BCUT2D eigenvalue weighted by molar-refractivity contribution is 6.31. The number of benzene rings is 2. The van der Waals surface area contributed by atoms with Crippen LogP contribution in [0.3, 0.4) is 0 Å². The van der Waals surface area contributed by atoms with Gasteiger partial charge >= 0.3 is 0 Å². The molecule has 244 valence electrons. The second-order valence-corrected chi connectivity index (χ2v) is 12.6. The largest absolute Gasteiger partial charge is 0.490 e. The van der Waals surface area contributed by atoms with Crippen LogP contribution in [0.5, 0.6) is 5.75 Å². The fraction of sp³-hybridized carbons (Fsp3) is 0.412. The number of primary amides is 1. The molecule has 3 amide bonds. The number of nitrogens with zero attached hydrogens (tertiary/aromatic N) is 6. The number of aromatic nitrogens is 2. The third kappa shape index (κ3) is 7.48. The van der Waals surface area contributed by atoms with Gasteiger partial charge in [-0.3, -0.25) is 24.6 Å². The van der Waals surface area contributed by atoms with E-state index in [9.17, 15) is 19.6 Å². The summed E-state index contributed by atoms with van der Waals surface area (Å²) in [7, 11) is 0. The van der Waals surface area contributed by atoms with Crippen LogP contribution in [-0.2, 0) is 16.1 Å². The van der Waals surface area contributed by atoms with Gasteiger partial charge in [0.2, 0.25) is 11.8 Å². The first-order valence-corrected chi connectivity index (χ1v) is 16.3. The van der Waals surface area contributed by atoms with E-state index in [0.29, 0.717) is 41.5 Å². The van der Waals surface area contributed by atoms with E-state index >= 15 is 0 Å². The first kappa shape index (κ1) is 32.2. The van der Waals surface area contributed by atoms with Gasteiger partial charge < -0.3 is 20.3 Å².